The maximum Gasteiger partial charge on any atom is 0.355 e. The maximum atomic E-state index is 11.7. The first-order valence-electron chi connectivity index (χ1n) is 6.25. The normalized spacial score (nSPS) is 10.7. The van der Waals surface area contributed by atoms with E-state index >= 15 is 0 Å². The number of hydrogen-bond acceptors (Lipinski definition) is 4. The molecule has 21 heavy (non-hydrogen) atoms. The molecule has 5 nitrogen and oxygen atoms in total. The molecule has 0 radical (unpaired) electrons. The summed E-state index contributed by atoms with van der Waals surface area (Å²) in [6, 6.07) is 7.80. The van der Waals surface area contributed by atoms with E-state index in [1.165, 1.54) is 22.8 Å². The van der Waals surface area contributed by atoms with Gasteiger partial charge in [0.05, 0.1) is 6.54 Å². The van der Waals surface area contributed by atoms with E-state index in [0.29, 0.717) is 5.01 Å². The molecule has 0 aliphatic heterocycles. The Balaban J connectivity index is 1.86. The van der Waals surface area contributed by atoms with Crippen LogP contribution in [-0.4, -0.2) is 22.0 Å². The van der Waals surface area contributed by atoms with Crippen LogP contribution >= 0.6 is 11.3 Å². The van der Waals surface area contributed by atoms with Crippen LogP contribution < -0.4 is 5.32 Å². The van der Waals surface area contributed by atoms with E-state index in [-0.39, 0.29) is 18.1 Å². The van der Waals surface area contributed by atoms with E-state index in [0.717, 1.165) is 11.1 Å². The van der Waals surface area contributed by atoms with Gasteiger partial charge in [-0.25, -0.2) is 9.78 Å². The number of carbonyl (C=O) groups is 2. The lowest BCUT2D eigenvalue weighted by molar-refractivity contribution is -0.116. The van der Waals surface area contributed by atoms with Crippen molar-refractivity contribution in [3.63, 3.8) is 0 Å². The van der Waals surface area contributed by atoms with E-state index in [9.17, 15) is 9.59 Å². The van der Waals surface area contributed by atoms with Crippen LogP contribution in [0.1, 0.15) is 26.6 Å². The minimum atomic E-state index is -1.07. The van der Waals surface area contributed by atoms with Crippen molar-refractivity contribution in [1.82, 2.24) is 10.3 Å². The van der Waals surface area contributed by atoms with Crippen LogP contribution in [0.25, 0.3) is 6.08 Å². The monoisotopic (exact) mass is 302 g/mol. The zero-order valence-electron chi connectivity index (χ0n) is 11.4. The number of rotatable bonds is 5. The van der Waals surface area contributed by atoms with Gasteiger partial charge in [0.2, 0.25) is 5.91 Å². The van der Waals surface area contributed by atoms with Crippen molar-refractivity contribution in [2.45, 2.75) is 13.5 Å². The van der Waals surface area contributed by atoms with Gasteiger partial charge >= 0.3 is 5.97 Å². The molecular formula is C15H14N2O3S. The third-order valence-corrected chi connectivity index (χ3v) is 3.54. The number of nitrogens with one attached hydrogen (secondary N) is 1. The van der Waals surface area contributed by atoms with Crippen LogP contribution in [0.4, 0.5) is 0 Å². The molecule has 1 aromatic heterocycles. The SMILES string of the molecule is Cc1ccc(C=CC(=O)NCc2nc(C(=O)O)cs2)cc1. The Hall–Kier alpha value is -2.47. The summed E-state index contributed by atoms with van der Waals surface area (Å²) >= 11 is 1.21. The van der Waals surface area contributed by atoms with Crippen LogP contribution in [0.3, 0.4) is 0 Å². The average Bonchev–Trinajstić information content (AvgIpc) is 2.93. The average molecular weight is 302 g/mol. The topological polar surface area (TPSA) is 79.3 Å². The number of aryl methyl sites for hydroxylation is 1. The fourth-order valence-electron chi connectivity index (χ4n) is 1.56. The van der Waals surface area contributed by atoms with Crippen LogP contribution in [0.5, 0.6) is 0 Å². The van der Waals surface area contributed by atoms with Crippen LogP contribution in [0.15, 0.2) is 35.7 Å². The van der Waals surface area contributed by atoms with Gasteiger partial charge in [0.1, 0.15) is 5.01 Å². The van der Waals surface area contributed by atoms with Gasteiger partial charge in [0.25, 0.3) is 0 Å². The molecule has 0 unspecified atom stereocenters. The van der Waals surface area contributed by atoms with Gasteiger partial charge in [-0.05, 0) is 18.6 Å². The predicted octanol–water partition coefficient (Wildman–Crippen LogP) is 2.48. The van der Waals surface area contributed by atoms with Gasteiger partial charge in [0.15, 0.2) is 5.69 Å². The first-order chi connectivity index (χ1) is 10.0. The van der Waals surface area contributed by atoms with Gasteiger partial charge in [0, 0.05) is 11.5 Å². The lowest BCUT2D eigenvalue weighted by Crippen LogP contribution is -2.20. The van der Waals surface area contributed by atoms with E-state index in [2.05, 4.69) is 10.3 Å². The zero-order valence-corrected chi connectivity index (χ0v) is 12.2. The summed E-state index contributed by atoms with van der Waals surface area (Å²) in [5.74, 6) is -1.31. The second-order valence-electron chi connectivity index (χ2n) is 4.39. The standard InChI is InChI=1S/C15H14N2O3S/c1-10-2-4-11(5-3-10)6-7-13(18)16-8-14-17-12(9-21-14)15(19)20/h2-7,9H,8H2,1H3,(H,16,18)(H,19,20). The Labute approximate surface area is 126 Å². The van der Waals surface area contributed by atoms with Crippen molar-refractivity contribution in [3.05, 3.63) is 57.6 Å². The number of carboxylic acids is 1. The molecule has 2 rings (SSSR count). The quantitative estimate of drug-likeness (QED) is 0.832. The van der Waals surface area contributed by atoms with E-state index < -0.39 is 5.97 Å². The van der Waals surface area contributed by atoms with Crippen molar-refractivity contribution in [3.8, 4) is 0 Å². The lowest BCUT2D eigenvalue weighted by Gasteiger charge is -1.98. The fourth-order valence-corrected chi connectivity index (χ4v) is 2.27. The molecule has 2 aromatic rings. The summed E-state index contributed by atoms with van der Waals surface area (Å²) in [4.78, 5) is 26.2. The zero-order chi connectivity index (χ0) is 15.2. The number of amides is 1. The number of nitrogens with zero attached hydrogens (tertiary/aromatic N) is 1. The highest BCUT2D eigenvalue weighted by Crippen LogP contribution is 2.09. The predicted molar refractivity (Wildman–Crippen MR) is 81.1 cm³/mol. The fraction of sp³-hybridized carbons (Fsp3) is 0.133. The van der Waals surface area contributed by atoms with Gasteiger partial charge in [-0.2, -0.15) is 0 Å². The van der Waals surface area contributed by atoms with Gasteiger partial charge in [-0.3, -0.25) is 4.79 Å². The molecule has 0 aliphatic carbocycles. The first kappa shape index (κ1) is 14.9. The number of thiazole rings is 1. The Bertz CT molecular complexity index is 674. The molecule has 2 N–H and O–H groups in total. The third kappa shape index (κ3) is 4.54. The molecule has 0 fully saturated rings. The van der Waals surface area contributed by atoms with E-state index in [1.54, 1.807) is 6.08 Å². The Kier molecular flexibility index (Phi) is 4.84. The van der Waals surface area contributed by atoms with Crippen molar-refractivity contribution in [2.24, 2.45) is 0 Å². The molecule has 0 aliphatic rings. The van der Waals surface area contributed by atoms with Gasteiger partial charge in [-0.15, -0.1) is 11.3 Å². The highest BCUT2D eigenvalue weighted by Gasteiger charge is 2.08. The van der Waals surface area contributed by atoms with Gasteiger partial charge < -0.3 is 10.4 Å². The second kappa shape index (κ2) is 6.81. The highest BCUT2D eigenvalue weighted by atomic mass is 32.1. The Morgan fingerprint density at radius 2 is 2.05 bits per heavy atom. The molecule has 0 saturated heterocycles. The number of carbonyl (C=O) groups excluding carboxylic acids is 1. The summed E-state index contributed by atoms with van der Waals surface area (Å²) in [6.07, 6.45) is 3.16. The van der Waals surface area contributed by atoms with E-state index in [4.69, 9.17) is 5.11 Å². The molecule has 0 atom stereocenters. The molecule has 1 amide bonds. The lowest BCUT2D eigenvalue weighted by atomic mass is 10.1. The number of benzene rings is 1. The maximum absolute atomic E-state index is 11.7. The summed E-state index contributed by atoms with van der Waals surface area (Å²) < 4.78 is 0. The van der Waals surface area contributed by atoms with Crippen LogP contribution in [-0.2, 0) is 11.3 Å². The smallest absolute Gasteiger partial charge is 0.355 e. The Morgan fingerprint density at radius 3 is 2.67 bits per heavy atom. The molecular weight excluding hydrogens is 288 g/mol. The summed E-state index contributed by atoms with van der Waals surface area (Å²) in [5.41, 5.74) is 2.10. The van der Waals surface area contributed by atoms with Crippen LogP contribution in [0, 0.1) is 6.92 Å². The highest BCUT2D eigenvalue weighted by molar-refractivity contribution is 7.09. The minimum absolute atomic E-state index is 0.000513. The second-order valence-corrected chi connectivity index (χ2v) is 5.34. The first-order valence-corrected chi connectivity index (χ1v) is 7.13. The van der Waals surface area contributed by atoms with Crippen molar-refractivity contribution >= 4 is 29.3 Å². The number of carboxylic acid groups (broad SMARTS) is 1. The Morgan fingerprint density at radius 1 is 1.33 bits per heavy atom. The summed E-state index contributed by atoms with van der Waals surface area (Å²) in [5, 5.41) is 13.4. The molecule has 1 heterocycles. The summed E-state index contributed by atoms with van der Waals surface area (Å²) in [7, 11) is 0. The molecule has 1 aromatic carbocycles. The van der Waals surface area contributed by atoms with Crippen molar-refractivity contribution < 1.29 is 14.7 Å². The summed E-state index contributed by atoms with van der Waals surface area (Å²) in [6.45, 7) is 2.22. The minimum Gasteiger partial charge on any atom is -0.476 e. The van der Waals surface area contributed by atoms with E-state index in [1.807, 2.05) is 31.2 Å². The third-order valence-electron chi connectivity index (χ3n) is 2.69. The molecule has 6 heteroatoms. The number of aromatic carboxylic acids is 1. The van der Waals surface area contributed by atoms with Crippen molar-refractivity contribution in [2.75, 3.05) is 0 Å². The van der Waals surface area contributed by atoms with Crippen LogP contribution in [0.2, 0.25) is 0 Å². The number of hydrogen-bond donors (Lipinski definition) is 2. The van der Waals surface area contributed by atoms with Crippen molar-refractivity contribution in [1.29, 1.82) is 0 Å². The molecule has 0 saturated carbocycles. The van der Waals surface area contributed by atoms with Gasteiger partial charge in [-0.1, -0.05) is 29.8 Å². The number of aromatic nitrogens is 1. The molecule has 108 valence electrons. The molecule has 0 spiro atoms. The molecule has 0 bridgehead atoms. The largest absolute Gasteiger partial charge is 0.476 e.